The summed E-state index contributed by atoms with van der Waals surface area (Å²) in [4.78, 5) is 13.4. The predicted molar refractivity (Wildman–Crippen MR) is 242 cm³/mol. The second-order valence-corrected chi connectivity index (χ2v) is 45.0. The molecule has 3 aliphatic carbocycles. The summed E-state index contributed by atoms with van der Waals surface area (Å²) in [6.07, 6.45) is 21.0. The van der Waals surface area contributed by atoms with Gasteiger partial charge in [0.05, 0.1) is 2.43 Å². The SMILES string of the molecule is C.CC1CCC(=O)CC1.CC1CCCCC1.CC1CCN(C2(C)CCC(C)CC2)CC1.ICI.I[I-]I.[CH2-]CC.[I][V][I]. The standard InChI is InChI=1S/C14H27N.C7H12O.C7H14.C3H7.CH2I2.CH4.I3.2HI.V/c1-12-4-8-14(3,9-5-12)15-10-6-13(2)7-11-15;1-6-2-4-7(8)5-3-6;1-7-5-3-2-4-6-7;1-3-2;2-1-3;;1-3-2;;;/h12-13H,4-11H2,1-3H3;6H,2-5H2,1H3;7H,2-6H2,1H3;1,3H2,2H3;1H2;1H4;;2*1H;/q;;;-1;;;-1;;;+2/p-2. The maximum atomic E-state index is 10.6. The number of nitrogens with zero attached hydrogens (tertiary/aromatic N) is 1. The van der Waals surface area contributed by atoms with Gasteiger partial charge in [-0.1, -0.05) is 119 Å². The van der Waals surface area contributed by atoms with Crippen molar-refractivity contribution in [2.24, 2.45) is 23.7 Å². The number of halogens is 7. The van der Waals surface area contributed by atoms with Crippen LogP contribution in [0.15, 0.2) is 0 Å². The number of hydrogen-bond donors (Lipinski definition) is 0. The number of carbonyl (C=O) groups is 1. The molecule has 4 fully saturated rings. The van der Waals surface area contributed by atoms with Gasteiger partial charge in [0.25, 0.3) is 0 Å². The van der Waals surface area contributed by atoms with Crippen molar-refractivity contribution in [1.82, 2.24) is 4.90 Å². The summed E-state index contributed by atoms with van der Waals surface area (Å²) in [5, 5.41) is 0. The monoisotopic (exact) mass is 1430 g/mol. The fraction of sp³-hybridized carbons (Fsp3) is 0.939. The van der Waals surface area contributed by atoms with E-state index in [4.69, 9.17) is 0 Å². The molecule has 0 unspecified atom stereocenters. The summed E-state index contributed by atoms with van der Waals surface area (Å²) in [6, 6.07) is 0. The first kappa shape index (κ1) is 55.1. The van der Waals surface area contributed by atoms with Gasteiger partial charge < -0.3 is 6.92 Å². The fourth-order valence-corrected chi connectivity index (χ4v) is 5.64. The van der Waals surface area contributed by atoms with Crippen LogP contribution in [0.2, 0.25) is 0 Å². The Labute approximate surface area is 357 Å². The Morgan fingerprint density at radius 2 is 1.09 bits per heavy atom. The summed E-state index contributed by atoms with van der Waals surface area (Å²) in [7, 11) is 0.628. The molecule has 0 aromatic carbocycles. The molecular weight excluding hydrogens is 1370 g/mol. The average molecular weight is 1430 g/mol. The number of alkyl halides is 2. The van der Waals surface area contributed by atoms with Gasteiger partial charge in [-0.3, -0.25) is 9.69 Å². The Morgan fingerprint density at radius 1 is 0.791 bits per heavy atom. The fourth-order valence-electron chi connectivity index (χ4n) is 5.64. The Balaban J connectivity index is -0.000000233. The topological polar surface area (TPSA) is 20.3 Å². The van der Waals surface area contributed by atoms with Crippen molar-refractivity contribution in [2.45, 2.75) is 157 Å². The van der Waals surface area contributed by atoms with Gasteiger partial charge in [-0.25, -0.2) is 0 Å². The molecule has 4 rings (SSSR count). The first-order valence-corrected chi connectivity index (χ1v) is 40.6. The van der Waals surface area contributed by atoms with E-state index in [-0.39, 0.29) is 7.43 Å². The van der Waals surface area contributed by atoms with E-state index in [2.05, 4.69) is 169 Å². The van der Waals surface area contributed by atoms with Crippen LogP contribution in [0.3, 0.4) is 0 Å². The zero-order valence-electron chi connectivity index (χ0n) is 27.4. The van der Waals surface area contributed by atoms with Crippen molar-refractivity contribution in [2.75, 3.05) is 15.5 Å². The van der Waals surface area contributed by atoms with Crippen LogP contribution in [0.1, 0.15) is 152 Å². The zero-order chi connectivity index (χ0) is 32.8. The zero-order valence-corrected chi connectivity index (χ0v) is 43.9. The van der Waals surface area contributed by atoms with E-state index < -0.39 is 0 Å². The first-order chi connectivity index (χ1) is 19.9. The van der Waals surface area contributed by atoms with Gasteiger partial charge in [-0.05, 0) is 95.1 Å². The van der Waals surface area contributed by atoms with E-state index >= 15 is 0 Å². The van der Waals surface area contributed by atoms with Crippen molar-refractivity contribution < 1.29 is 27.5 Å². The predicted octanol–water partition coefficient (Wildman–Crippen LogP) is 12.3. The summed E-state index contributed by atoms with van der Waals surface area (Å²) >= 11 is 14.6. The molecule has 43 heavy (non-hydrogen) atoms. The molecule has 1 saturated heterocycles. The van der Waals surface area contributed by atoms with E-state index in [0.717, 1.165) is 55.8 Å². The van der Waals surface area contributed by atoms with E-state index in [1.54, 1.807) is 0 Å². The molecule has 10 heteroatoms. The summed E-state index contributed by atoms with van der Waals surface area (Å²) in [5.74, 6) is 4.23. The number of hydrogen-bond acceptors (Lipinski definition) is 2. The molecule has 0 N–H and O–H groups in total. The molecular formula is C33H66I7NOV-2. The molecule has 265 valence electrons. The van der Waals surface area contributed by atoms with Crippen LogP contribution < -0.4 is 13.3 Å². The van der Waals surface area contributed by atoms with Crippen molar-refractivity contribution in [3.05, 3.63) is 6.92 Å². The Kier molecular flexibility index (Phi) is 51.4. The molecule has 0 bridgehead atoms. The molecule has 4 aliphatic rings. The molecule has 0 atom stereocenters. The van der Waals surface area contributed by atoms with Crippen molar-refractivity contribution in [3.8, 4) is 0 Å². The van der Waals surface area contributed by atoms with Crippen molar-refractivity contribution >= 4 is 128 Å². The molecule has 0 aromatic heterocycles. The van der Waals surface area contributed by atoms with Crippen molar-refractivity contribution in [1.29, 1.82) is 0 Å². The third-order valence-corrected chi connectivity index (χ3v) is 8.62. The van der Waals surface area contributed by atoms with E-state index in [1.807, 2.05) is 6.92 Å². The Hall–Kier alpha value is 5.32. The summed E-state index contributed by atoms with van der Waals surface area (Å²) in [6.45, 7) is 20.1. The molecule has 0 radical (unpaired) electrons. The van der Waals surface area contributed by atoms with Crippen LogP contribution in [-0.2, 0) is 14.3 Å². The van der Waals surface area contributed by atoms with Gasteiger partial charge in [0, 0.05) is 18.4 Å². The quantitative estimate of drug-likeness (QED) is 0.148. The second kappa shape index (κ2) is 40.1. The minimum absolute atomic E-state index is 0. The molecule has 0 spiro atoms. The third kappa shape index (κ3) is 36.9. The van der Waals surface area contributed by atoms with Crippen LogP contribution in [-0.4, -0.2) is 31.7 Å². The van der Waals surface area contributed by atoms with Gasteiger partial charge in [-0.15, -0.1) is 0 Å². The number of carbonyl (C=O) groups excluding carboxylic acids is 1. The number of Topliss-reactive ketones (excluding diaryl/α,β-unsaturated/α-hetero) is 1. The van der Waals surface area contributed by atoms with E-state index in [9.17, 15) is 4.79 Å². The molecule has 3 saturated carbocycles. The van der Waals surface area contributed by atoms with Crippen LogP contribution >= 0.6 is 122 Å². The van der Waals surface area contributed by atoms with Crippen LogP contribution in [0.4, 0.5) is 0 Å². The van der Waals surface area contributed by atoms with Gasteiger partial charge in [0.1, 0.15) is 5.78 Å². The molecule has 0 amide bonds. The Morgan fingerprint density at radius 3 is 1.40 bits per heavy atom. The summed E-state index contributed by atoms with van der Waals surface area (Å²) in [5.41, 5.74) is 0.548. The van der Waals surface area contributed by atoms with Crippen LogP contribution in [0.5, 0.6) is 0 Å². The normalized spacial score (nSPS) is 24.4. The number of likely N-dealkylation sites (tertiary alicyclic amines) is 1. The second-order valence-electron chi connectivity index (χ2n) is 12.5. The average Bonchev–Trinajstić information content (AvgIpc) is 2.95. The maximum absolute atomic E-state index is 10.6. The van der Waals surface area contributed by atoms with E-state index in [1.165, 1.54) is 86.2 Å². The van der Waals surface area contributed by atoms with Crippen molar-refractivity contribution in [3.63, 3.8) is 0 Å². The van der Waals surface area contributed by atoms with Gasteiger partial charge in [0.15, 0.2) is 0 Å². The molecule has 2 nitrogen and oxygen atoms in total. The molecule has 1 aliphatic heterocycles. The minimum atomic E-state index is 0. The van der Waals surface area contributed by atoms with Gasteiger partial charge in [0.2, 0.25) is 0 Å². The third-order valence-electron chi connectivity index (χ3n) is 8.62. The molecule has 1 heterocycles. The number of piperidine rings is 1. The number of rotatable bonds is 1. The molecule has 0 aromatic rings. The van der Waals surface area contributed by atoms with Gasteiger partial charge in [-0.2, -0.15) is 6.42 Å². The van der Waals surface area contributed by atoms with Crippen LogP contribution in [0, 0.1) is 30.6 Å². The summed E-state index contributed by atoms with van der Waals surface area (Å²) < 4.78 is 1.19. The number of ketones is 1. The van der Waals surface area contributed by atoms with Crippen LogP contribution in [0.25, 0.3) is 0 Å². The Bertz CT molecular complexity index is 537. The van der Waals surface area contributed by atoms with Gasteiger partial charge >= 0.3 is 99.9 Å². The first-order valence-electron chi connectivity index (χ1n) is 15.9. The van der Waals surface area contributed by atoms with E-state index in [0.29, 0.717) is 34.0 Å².